The van der Waals surface area contributed by atoms with Gasteiger partial charge in [0.1, 0.15) is 0 Å². The first-order valence-corrected chi connectivity index (χ1v) is 4.77. The first-order valence-electron chi connectivity index (χ1n) is 4.77. The van der Waals surface area contributed by atoms with E-state index in [2.05, 4.69) is 24.3 Å². The maximum atomic E-state index is 5.82. The molecular weight excluding hydrogens is 158 g/mol. The molecule has 0 saturated carbocycles. The fraction of sp³-hybridized carbons (Fsp3) is 0.333. The van der Waals surface area contributed by atoms with E-state index in [1.165, 1.54) is 11.1 Å². The van der Waals surface area contributed by atoms with Crippen LogP contribution in [0.3, 0.4) is 0 Å². The minimum atomic E-state index is 0.374. The van der Waals surface area contributed by atoms with Crippen molar-refractivity contribution in [3.05, 3.63) is 42.0 Å². The van der Waals surface area contributed by atoms with Gasteiger partial charge in [-0.3, -0.25) is 0 Å². The fourth-order valence-electron chi connectivity index (χ4n) is 1.72. The van der Waals surface area contributed by atoms with Crippen molar-refractivity contribution in [2.45, 2.75) is 25.3 Å². The molecule has 2 rings (SSSR count). The monoisotopic (exact) mass is 172 g/mol. The molecule has 1 aromatic carbocycles. The molecule has 1 nitrogen and oxygen atoms in total. The van der Waals surface area contributed by atoms with Crippen LogP contribution in [0.5, 0.6) is 0 Å². The second kappa shape index (κ2) is 3.75. The van der Waals surface area contributed by atoms with Crippen molar-refractivity contribution >= 4 is 5.57 Å². The van der Waals surface area contributed by atoms with Crippen molar-refractivity contribution in [2.75, 3.05) is 0 Å². The average Bonchev–Trinajstić information content (AvgIpc) is 2.20. The van der Waals surface area contributed by atoms with Crippen LogP contribution in [0, 0.1) is 6.07 Å². The van der Waals surface area contributed by atoms with Crippen LogP contribution in [0.25, 0.3) is 5.57 Å². The molecule has 1 aromatic rings. The van der Waals surface area contributed by atoms with Crippen LogP contribution < -0.4 is 5.73 Å². The third-order valence-corrected chi connectivity index (χ3v) is 2.54. The first-order chi connectivity index (χ1) is 6.36. The SMILES string of the molecule is NC1CC=C(c2cc[c]cc2)CC1. The van der Waals surface area contributed by atoms with Crippen LogP contribution in [0.2, 0.25) is 0 Å². The summed E-state index contributed by atoms with van der Waals surface area (Å²) in [5.74, 6) is 0. The second-order valence-corrected chi connectivity index (χ2v) is 3.55. The lowest BCUT2D eigenvalue weighted by Crippen LogP contribution is -2.21. The molecule has 1 heteroatoms. The standard InChI is InChI=1S/C12H14N/c13-12-8-6-11(7-9-12)10-4-2-1-3-5-10/h2-6,12H,7-9,13H2. The molecule has 0 saturated heterocycles. The minimum Gasteiger partial charge on any atom is -0.327 e. The van der Waals surface area contributed by atoms with Gasteiger partial charge in [-0.05, 0) is 36.5 Å². The molecule has 1 radical (unpaired) electrons. The maximum Gasteiger partial charge on any atom is 0.00767 e. The van der Waals surface area contributed by atoms with Gasteiger partial charge in [0.25, 0.3) is 0 Å². The van der Waals surface area contributed by atoms with Crippen LogP contribution in [-0.4, -0.2) is 6.04 Å². The highest BCUT2D eigenvalue weighted by molar-refractivity contribution is 5.66. The summed E-state index contributed by atoms with van der Waals surface area (Å²) in [6.07, 6.45) is 5.52. The number of benzene rings is 1. The van der Waals surface area contributed by atoms with E-state index < -0.39 is 0 Å². The molecule has 0 aromatic heterocycles. The molecule has 0 amide bonds. The number of nitrogens with two attached hydrogens (primary N) is 1. The summed E-state index contributed by atoms with van der Waals surface area (Å²) in [6, 6.07) is 11.6. The summed E-state index contributed by atoms with van der Waals surface area (Å²) in [6.45, 7) is 0. The van der Waals surface area contributed by atoms with Gasteiger partial charge >= 0.3 is 0 Å². The summed E-state index contributed by atoms with van der Waals surface area (Å²) >= 11 is 0. The number of hydrogen-bond donors (Lipinski definition) is 1. The summed E-state index contributed by atoms with van der Waals surface area (Å²) in [5, 5.41) is 0. The van der Waals surface area contributed by atoms with E-state index in [1.54, 1.807) is 0 Å². The van der Waals surface area contributed by atoms with Crippen LogP contribution in [0.1, 0.15) is 24.8 Å². The van der Waals surface area contributed by atoms with Gasteiger partial charge in [-0.25, -0.2) is 0 Å². The molecule has 0 heterocycles. The van der Waals surface area contributed by atoms with Crippen LogP contribution in [-0.2, 0) is 0 Å². The highest BCUT2D eigenvalue weighted by atomic mass is 14.6. The Hall–Kier alpha value is -1.08. The summed E-state index contributed by atoms with van der Waals surface area (Å²) in [7, 11) is 0. The van der Waals surface area contributed by atoms with Crippen molar-refractivity contribution in [3.63, 3.8) is 0 Å². The molecule has 0 spiro atoms. The van der Waals surface area contributed by atoms with Crippen molar-refractivity contribution in [1.82, 2.24) is 0 Å². The normalized spacial score (nSPS) is 22.5. The Bertz CT molecular complexity index is 300. The van der Waals surface area contributed by atoms with Crippen LogP contribution >= 0.6 is 0 Å². The van der Waals surface area contributed by atoms with Crippen molar-refractivity contribution in [1.29, 1.82) is 0 Å². The van der Waals surface area contributed by atoms with E-state index in [0.717, 1.165) is 19.3 Å². The van der Waals surface area contributed by atoms with Crippen molar-refractivity contribution in [2.24, 2.45) is 5.73 Å². The fourth-order valence-corrected chi connectivity index (χ4v) is 1.72. The van der Waals surface area contributed by atoms with Gasteiger partial charge in [0.2, 0.25) is 0 Å². The zero-order valence-corrected chi connectivity index (χ0v) is 7.66. The Morgan fingerprint density at radius 1 is 1.31 bits per heavy atom. The smallest absolute Gasteiger partial charge is 0.00767 e. The summed E-state index contributed by atoms with van der Waals surface area (Å²) < 4.78 is 0. The number of allylic oxidation sites excluding steroid dienone is 1. The van der Waals surface area contributed by atoms with E-state index in [1.807, 2.05) is 12.1 Å². The lowest BCUT2D eigenvalue weighted by atomic mass is 9.91. The minimum absolute atomic E-state index is 0.374. The number of rotatable bonds is 1. The van der Waals surface area contributed by atoms with Crippen LogP contribution in [0.4, 0.5) is 0 Å². The number of hydrogen-bond acceptors (Lipinski definition) is 1. The van der Waals surface area contributed by atoms with Gasteiger partial charge in [-0.2, -0.15) is 0 Å². The molecule has 1 atom stereocenters. The van der Waals surface area contributed by atoms with Gasteiger partial charge in [-0.1, -0.05) is 30.3 Å². The second-order valence-electron chi connectivity index (χ2n) is 3.55. The molecule has 0 bridgehead atoms. The molecule has 2 N–H and O–H groups in total. The van der Waals surface area contributed by atoms with Crippen LogP contribution in [0.15, 0.2) is 30.3 Å². The predicted octanol–water partition coefficient (Wildman–Crippen LogP) is 2.38. The van der Waals surface area contributed by atoms with E-state index >= 15 is 0 Å². The van der Waals surface area contributed by atoms with Crippen molar-refractivity contribution in [3.8, 4) is 0 Å². The Kier molecular flexibility index (Phi) is 2.46. The Morgan fingerprint density at radius 2 is 2.08 bits per heavy atom. The Balaban J connectivity index is 2.19. The molecular formula is C12H14N. The Morgan fingerprint density at radius 3 is 2.69 bits per heavy atom. The molecule has 0 fully saturated rings. The molecule has 1 aliphatic rings. The van der Waals surface area contributed by atoms with E-state index in [-0.39, 0.29) is 0 Å². The van der Waals surface area contributed by atoms with Gasteiger partial charge in [0.15, 0.2) is 0 Å². The van der Waals surface area contributed by atoms with Gasteiger partial charge < -0.3 is 5.73 Å². The summed E-state index contributed by atoms with van der Waals surface area (Å²) in [4.78, 5) is 0. The molecule has 67 valence electrons. The zero-order chi connectivity index (χ0) is 9.10. The third kappa shape index (κ3) is 1.99. The lowest BCUT2D eigenvalue weighted by molar-refractivity contribution is 0.614. The van der Waals surface area contributed by atoms with E-state index in [0.29, 0.717) is 6.04 Å². The molecule has 0 aliphatic heterocycles. The first kappa shape index (κ1) is 8.52. The lowest BCUT2D eigenvalue weighted by Gasteiger charge is -2.18. The molecule has 1 unspecified atom stereocenters. The highest BCUT2D eigenvalue weighted by Crippen LogP contribution is 2.25. The van der Waals surface area contributed by atoms with Gasteiger partial charge in [-0.15, -0.1) is 0 Å². The van der Waals surface area contributed by atoms with Gasteiger partial charge in [0.05, 0.1) is 0 Å². The average molecular weight is 172 g/mol. The quantitative estimate of drug-likeness (QED) is 0.691. The molecule has 1 aliphatic carbocycles. The highest BCUT2D eigenvalue weighted by Gasteiger charge is 2.10. The molecule has 13 heavy (non-hydrogen) atoms. The largest absolute Gasteiger partial charge is 0.327 e. The predicted molar refractivity (Wildman–Crippen MR) is 55.1 cm³/mol. The van der Waals surface area contributed by atoms with Crippen molar-refractivity contribution < 1.29 is 0 Å². The Labute approximate surface area is 79.3 Å². The maximum absolute atomic E-state index is 5.82. The van der Waals surface area contributed by atoms with E-state index in [4.69, 9.17) is 5.73 Å². The topological polar surface area (TPSA) is 26.0 Å². The summed E-state index contributed by atoms with van der Waals surface area (Å²) in [5.41, 5.74) is 8.59. The zero-order valence-electron chi connectivity index (χ0n) is 7.66. The van der Waals surface area contributed by atoms with E-state index in [9.17, 15) is 0 Å². The third-order valence-electron chi connectivity index (χ3n) is 2.54. The van der Waals surface area contributed by atoms with Gasteiger partial charge in [0, 0.05) is 6.04 Å².